The molecule has 1 aliphatic heterocycles. The maximum absolute atomic E-state index is 14.4. The number of Topliss-reactive ketones (excluding diaryl/α,β-unsaturated/α-hetero) is 2. The first-order valence-corrected chi connectivity index (χ1v) is 19.1. The van der Waals surface area contributed by atoms with Gasteiger partial charge in [-0.25, -0.2) is 0 Å². The maximum Gasteiger partial charge on any atom is 0.226 e. The topological polar surface area (TPSA) is 117 Å². The molecule has 0 radical (unpaired) electrons. The molecule has 0 aromatic rings. The highest BCUT2D eigenvalue weighted by Crippen LogP contribution is 2.32. The van der Waals surface area contributed by atoms with Crippen LogP contribution in [0.25, 0.3) is 0 Å². The van der Waals surface area contributed by atoms with Crippen LogP contribution in [-0.2, 0) is 28.7 Å². The first-order valence-electron chi connectivity index (χ1n) is 19.1. The zero-order chi connectivity index (χ0) is 38.8. The molecular formula is C40H75N3O7. The lowest BCUT2D eigenvalue weighted by atomic mass is 9.83. The van der Waals surface area contributed by atoms with Crippen molar-refractivity contribution >= 4 is 23.4 Å². The van der Waals surface area contributed by atoms with Crippen molar-refractivity contribution in [3.05, 3.63) is 0 Å². The first kappa shape index (κ1) is 46.1. The summed E-state index contributed by atoms with van der Waals surface area (Å²) in [6, 6.07) is -0.964. The van der Waals surface area contributed by atoms with Gasteiger partial charge in [0.15, 0.2) is 5.78 Å². The number of aliphatic hydroxyl groups is 1. The number of likely N-dealkylation sites (tertiary alicyclic amines) is 1. The van der Waals surface area contributed by atoms with Crippen molar-refractivity contribution in [3.8, 4) is 0 Å². The molecule has 0 bridgehead atoms. The average Bonchev–Trinajstić information content (AvgIpc) is 3.51. The van der Waals surface area contributed by atoms with Crippen LogP contribution in [0.3, 0.4) is 0 Å². The highest BCUT2D eigenvalue weighted by Gasteiger charge is 2.43. The van der Waals surface area contributed by atoms with E-state index in [0.29, 0.717) is 6.54 Å². The monoisotopic (exact) mass is 710 g/mol. The SMILES string of the molecule is CC[C@H](C)[C@@H](C(CC(=O)N1CCC[C@H]1C(OC)[C@@H](C)C(=O)C[C@H](C)[C@H](C)O)OC)N(C)C(=O)[C@@H](CC(=O)[C@H](C(C)C)N(C)C(C)(C)C)C(C)C. The van der Waals surface area contributed by atoms with E-state index in [2.05, 4.69) is 53.4 Å². The molecule has 0 aliphatic carbocycles. The van der Waals surface area contributed by atoms with Crippen molar-refractivity contribution in [1.82, 2.24) is 14.7 Å². The Morgan fingerprint density at radius 3 is 1.86 bits per heavy atom. The molecule has 0 aromatic carbocycles. The number of carbonyl (C=O) groups is 4. The van der Waals surface area contributed by atoms with Gasteiger partial charge in [0, 0.05) is 58.0 Å². The molecule has 0 aromatic heterocycles. The number of amides is 2. The number of nitrogens with zero attached hydrogens (tertiary/aromatic N) is 3. The number of hydrogen-bond acceptors (Lipinski definition) is 8. The van der Waals surface area contributed by atoms with Gasteiger partial charge in [0.25, 0.3) is 0 Å². The summed E-state index contributed by atoms with van der Waals surface area (Å²) in [5.41, 5.74) is -0.207. The molecule has 2 amide bonds. The molecule has 10 nitrogen and oxygen atoms in total. The van der Waals surface area contributed by atoms with Gasteiger partial charge in [-0.15, -0.1) is 0 Å². The third kappa shape index (κ3) is 12.1. The van der Waals surface area contributed by atoms with Crippen molar-refractivity contribution in [2.45, 2.75) is 164 Å². The van der Waals surface area contributed by atoms with Gasteiger partial charge >= 0.3 is 0 Å². The summed E-state index contributed by atoms with van der Waals surface area (Å²) in [6.07, 6.45) is 1.15. The zero-order valence-electron chi connectivity index (χ0n) is 34.6. The number of hydrogen-bond donors (Lipinski definition) is 1. The Bertz CT molecular complexity index is 1090. The van der Waals surface area contributed by atoms with Crippen LogP contribution < -0.4 is 0 Å². The van der Waals surface area contributed by atoms with Crippen LogP contribution in [0.15, 0.2) is 0 Å². The average molecular weight is 710 g/mol. The lowest BCUT2D eigenvalue weighted by Gasteiger charge is -2.42. The third-order valence-electron chi connectivity index (χ3n) is 11.7. The van der Waals surface area contributed by atoms with E-state index in [1.807, 2.05) is 39.6 Å². The molecule has 2 unspecified atom stereocenters. The summed E-state index contributed by atoms with van der Waals surface area (Å²) >= 11 is 0. The fourth-order valence-electron chi connectivity index (χ4n) is 7.67. The second kappa shape index (κ2) is 20.4. The Kier molecular flexibility index (Phi) is 18.8. The van der Waals surface area contributed by atoms with E-state index >= 15 is 0 Å². The van der Waals surface area contributed by atoms with Crippen LogP contribution in [0.2, 0.25) is 0 Å². The van der Waals surface area contributed by atoms with Crippen molar-refractivity contribution < 1.29 is 33.8 Å². The Balaban J connectivity index is 3.31. The summed E-state index contributed by atoms with van der Waals surface area (Å²) in [5, 5.41) is 9.95. The number of carbonyl (C=O) groups excluding carboxylic acids is 4. The molecule has 1 rings (SSSR count). The second-order valence-electron chi connectivity index (χ2n) is 17.0. The fraction of sp³-hybridized carbons (Fsp3) is 0.900. The largest absolute Gasteiger partial charge is 0.393 e. The number of methoxy groups -OCH3 is 2. The van der Waals surface area contributed by atoms with Gasteiger partial charge in [-0.1, -0.05) is 61.8 Å². The van der Waals surface area contributed by atoms with Crippen molar-refractivity contribution in [3.63, 3.8) is 0 Å². The van der Waals surface area contributed by atoms with E-state index in [9.17, 15) is 24.3 Å². The molecule has 0 saturated carbocycles. The third-order valence-corrected chi connectivity index (χ3v) is 11.7. The van der Waals surface area contributed by atoms with Gasteiger partial charge < -0.3 is 24.4 Å². The van der Waals surface area contributed by atoms with Crippen LogP contribution in [0.5, 0.6) is 0 Å². The minimum Gasteiger partial charge on any atom is -0.393 e. The van der Waals surface area contributed by atoms with Gasteiger partial charge in [-0.2, -0.15) is 0 Å². The van der Waals surface area contributed by atoms with E-state index in [1.165, 1.54) is 0 Å². The highest BCUT2D eigenvalue weighted by atomic mass is 16.5. The second-order valence-corrected chi connectivity index (χ2v) is 17.0. The normalized spacial score (nSPS) is 21.0. The molecule has 50 heavy (non-hydrogen) atoms. The number of ketones is 2. The predicted molar refractivity (Wildman–Crippen MR) is 201 cm³/mol. The molecule has 10 atom stereocenters. The molecule has 292 valence electrons. The van der Waals surface area contributed by atoms with Gasteiger partial charge in [0.1, 0.15) is 5.78 Å². The molecule has 1 saturated heterocycles. The van der Waals surface area contributed by atoms with Crippen LogP contribution in [-0.4, -0.2) is 120 Å². The summed E-state index contributed by atoms with van der Waals surface area (Å²) in [4.78, 5) is 61.3. The predicted octanol–water partition coefficient (Wildman–Crippen LogP) is 5.87. The lowest BCUT2D eigenvalue weighted by molar-refractivity contribution is -0.149. The molecule has 10 heteroatoms. The minimum absolute atomic E-state index is 0.0132. The summed E-state index contributed by atoms with van der Waals surface area (Å²) < 4.78 is 11.9. The number of aliphatic hydroxyl groups excluding tert-OH is 1. The van der Waals surface area contributed by atoms with E-state index in [1.54, 1.807) is 33.1 Å². The molecule has 0 spiro atoms. The Morgan fingerprint density at radius 1 is 0.840 bits per heavy atom. The van der Waals surface area contributed by atoms with E-state index < -0.39 is 36.2 Å². The molecule has 1 aliphatic rings. The van der Waals surface area contributed by atoms with E-state index in [4.69, 9.17) is 9.47 Å². The Labute approximate surface area is 305 Å². The zero-order valence-corrected chi connectivity index (χ0v) is 34.6. The van der Waals surface area contributed by atoms with E-state index in [0.717, 1.165) is 19.3 Å². The number of likely N-dealkylation sites (N-methyl/N-ethyl adjacent to an activating group) is 2. The van der Waals surface area contributed by atoms with Gasteiger partial charge in [-0.3, -0.25) is 24.1 Å². The van der Waals surface area contributed by atoms with Crippen LogP contribution >= 0.6 is 0 Å². The standard InChI is InChI=1S/C40H75N3O7/c1-17-26(6)37(41(13)39(48)30(24(2)3)22-33(46)36(25(4)5)42(14)40(10,11)12)34(49-15)23-35(47)43-20-18-19-31(43)38(50-16)28(8)32(45)21-27(7)29(9)44/h24-31,34,36-38,44H,17-23H2,1-16H3/t26-,27-,28-,29-,30-,31-,34?,36-,37-,38?/m0/s1. The minimum atomic E-state index is -0.588. The smallest absolute Gasteiger partial charge is 0.226 e. The maximum atomic E-state index is 14.4. The van der Waals surface area contributed by atoms with Gasteiger partial charge in [-0.05, 0) is 71.3 Å². The van der Waals surface area contributed by atoms with Crippen LogP contribution in [0, 0.1) is 35.5 Å². The fourth-order valence-corrected chi connectivity index (χ4v) is 7.67. The summed E-state index contributed by atoms with van der Waals surface area (Å²) in [7, 11) is 6.95. The molecule has 1 fully saturated rings. The summed E-state index contributed by atoms with van der Waals surface area (Å²) in [5.74, 6) is -1.19. The molecule has 1 heterocycles. The van der Waals surface area contributed by atoms with Crippen molar-refractivity contribution in [2.75, 3.05) is 34.9 Å². The van der Waals surface area contributed by atoms with Crippen molar-refractivity contribution in [1.29, 1.82) is 0 Å². The van der Waals surface area contributed by atoms with Crippen molar-refractivity contribution in [2.24, 2.45) is 35.5 Å². The van der Waals surface area contributed by atoms with Crippen LogP contribution in [0.1, 0.15) is 122 Å². The van der Waals surface area contributed by atoms with Gasteiger partial charge in [0.05, 0.1) is 42.9 Å². The summed E-state index contributed by atoms with van der Waals surface area (Å²) in [6.45, 7) is 24.5. The Hall–Kier alpha value is -1.88. The quantitative estimate of drug-likeness (QED) is 0.157. The Morgan fingerprint density at radius 2 is 1.42 bits per heavy atom. The molecular weight excluding hydrogens is 634 g/mol. The molecule has 1 N–H and O–H groups in total. The number of ether oxygens (including phenoxy) is 2. The first-order chi connectivity index (χ1) is 23.1. The van der Waals surface area contributed by atoms with E-state index in [-0.39, 0.29) is 83.9 Å². The van der Waals surface area contributed by atoms with Crippen LogP contribution in [0.4, 0.5) is 0 Å². The lowest BCUT2D eigenvalue weighted by Crippen LogP contribution is -2.55. The number of rotatable bonds is 21. The van der Waals surface area contributed by atoms with Gasteiger partial charge in [0.2, 0.25) is 11.8 Å². The highest BCUT2D eigenvalue weighted by molar-refractivity contribution is 5.90.